The number of amides is 1. The summed E-state index contributed by atoms with van der Waals surface area (Å²) >= 11 is 0. The molecule has 6 nitrogen and oxygen atoms in total. The Morgan fingerprint density at radius 3 is 2.61 bits per heavy atom. The molecule has 1 fully saturated rings. The number of carbonyl (C=O) groups is 2. The van der Waals surface area contributed by atoms with E-state index in [0.29, 0.717) is 29.9 Å². The van der Waals surface area contributed by atoms with Crippen molar-refractivity contribution in [1.82, 2.24) is 9.55 Å². The Hall–Kier alpha value is -3.22. The predicted molar refractivity (Wildman–Crippen MR) is 103 cm³/mol. The first kappa shape index (κ1) is 18.2. The molecule has 1 amide bonds. The van der Waals surface area contributed by atoms with Gasteiger partial charge in [0.1, 0.15) is 11.6 Å². The third-order valence-electron chi connectivity index (χ3n) is 5.52. The molecule has 1 aromatic heterocycles. The van der Waals surface area contributed by atoms with Crippen molar-refractivity contribution in [3.05, 3.63) is 47.8 Å². The minimum absolute atomic E-state index is 0.272. The zero-order valence-electron chi connectivity index (χ0n) is 15.6. The molecule has 2 aromatic carbocycles. The third-order valence-corrected chi connectivity index (χ3v) is 5.52. The van der Waals surface area contributed by atoms with Gasteiger partial charge in [-0.25, -0.2) is 9.37 Å². The summed E-state index contributed by atoms with van der Waals surface area (Å²) in [7, 11) is 1.85. The van der Waals surface area contributed by atoms with Crippen LogP contribution >= 0.6 is 0 Å². The quantitative estimate of drug-likeness (QED) is 0.721. The van der Waals surface area contributed by atoms with E-state index in [1.165, 1.54) is 12.1 Å². The maximum Gasteiger partial charge on any atom is 0.307 e. The molecule has 144 valence electrons. The van der Waals surface area contributed by atoms with Gasteiger partial charge in [0.15, 0.2) is 0 Å². The summed E-state index contributed by atoms with van der Waals surface area (Å²) in [5.74, 6) is -2.00. The summed E-state index contributed by atoms with van der Waals surface area (Å²) in [6, 6.07) is 10.1. The molecule has 1 aliphatic carbocycles. The van der Waals surface area contributed by atoms with Gasteiger partial charge in [-0.2, -0.15) is 0 Å². The number of benzene rings is 2. The topological polar surface area (TPSA) is 84.2 Å². The molecule has 1 heterocycles. The number of aryl methyl sites for hydroxylation is 2. The first-order valence-electron chi connectivity index (χ1n) is 9.12. The Kier molecular flexibility index (Phi) is 4.37. The van der Waals surface area contributed by atoms with Gasteiger partial charge in [0.25, 0.3) is 0 Å². The minimum Gasteiger partial charge on any atom is -0.481 e. The van der Waals surface area contributed by atoms with E-state index in [9.17, 15) is 14.0 Å². The number of halogens is 1. The summed E-state index contributed by atoms with van der Waals surface area (Å²) in [6.07, 6.45) is 1.11. The summed E-state index contributed by atoms with van der Waals surface area (Å²) < 4.78 is 15.4. The zero-order chi connectivity index (χ0) is 20.0. The summed E-state index contributed by atoms with van der Waals surface area (Å²) in [5.41, 5.74) is 3.64. The van der Waals surface area contributed by atoms with Crippen LogP contribution in [0.4, 0.5) is 10.1 Å². The van der Waals surface area contributed by atoms with E-state index < -0.39 is 17.8 Å². The van der Waals surface area contributed by atoms with Crippen LogP contribution < -0.4 is 5.32 Å². The molecule has 7 heteroatoms. The average molecular weight is 381 g/mol. The molecule has 4 rings (SSSR count). The minimum atomic E-state index is -0.927. The molecule has 2 N–H and O–H groups in total. The highest BCUT2D eigenvalue weighted by atomic mass is 19.1. The van der Waals surface area contributed by atoms with Crippen LogP contribution in [0, 0.1) is 24.6 Å². The average Bonchev–Trinajstić information content (AvgIpc) is 2.91. The van der Waals surface area contributed by atoms with Gasteiger partial charge in [0.05, 0.1) is 22.9 Å². The van der Waals surface area contributed by atoms with E-state index in [4.69, 9.17) is 5.11 Å². The predicted octanol–water partition coefficient (Wildman–Crippen LogP) is 3.74. The third kappa shape index (κ3) is 3.02. The summed E-state index contributed by atoms with van der Waals surface area (Å²) in [6.45, 7) is 1.87. The van der Waals surface area contributed by atoms with E-state index in [1.807, 2.05) is 36.7 Å². The molecule has 28 heavy (non-hydrogen) atoms. The smallest absolute Gasteiger partial charge is 0.307 e. The fourth-order valence-electron chi connectivity index (χ4n) is 3.66. The molecule has 1 saturated carbocycles. The second-order valence-electron chi connectivity index (χ2n) is 7.27. The van der Waals surface area contributed by atoms with Crippen LogP contribution in [0.5, 0.6) is 0 Å². The highest BCUT2D eigenvalue weighted by Gasteiger charge is 2.41. The van der Waals surface area contributed by atoms with Crippen LogP contribution in [0.15, 0.2) is 36.4 Å². The van der Waals surface area contributed by atoms with Gasteiger partial charge in [0, 0.05) is 24.4 Å². The fourth-order valence-corrected chi connectivity index (χ4v) is 3.66. The van der Waals surface area contributed by atoms with E-state index in [1.54, 1.807) is 6.07 Å². The molecular formula is C21H20FN3O3. The molecule has 3 aromatic rings. The number of aromatic nitrogens is 2. The Labute approximate surface area is 161 Å². The molecular weight excluding hydrogens is 361 g/mol. The van der Waals surface area contributed by atoms with Crippen molar-refractivity contribution >= 4 is 28.6 Å². The number of hydrogen-bond acceptors (Lipinski definition) is 3. The molecule has 0 radical (unpaired) electrons. The lowest BCUT2D eigenvalue weighted by Crippen LogP contribution is -2.41. The van der Waals surface area contributed by atoms with Crippen molar-refractivity contribution in [2.75, 3.05) is 5.32 Å². The standard InChI is InChI=1S/C21H20FN3O3/c1-11-3-4-12(19-23-17-10-13(22)5-8-18(17)25(19)2)9-16(11)24-20(26)14-6-7-15(14)21(27)28/h3-5,8-10,14-15H,6-7H2,1-2H3,(H,24,26)(H,27,28). The molecule has 2 unspecified atom stereocenters. The molecule has 0 saturated heterocycles. The number of carboxylic acid groups (broad SMARTS) is 1. The zero-order valence-corrected chi connectivity index (χ0v) is 15.6. The maximum absolute atomic E-state index is 13.5. The second kappa shape index (κ2) is 6.74. The van der Waals surface area contributed by atoms with Crippen molar-refractivity contribution in [3.63, 3.8) is 0 Å². The number of nitrogens with one attached hydrogen (secondary N) is 1. The van der Waals surface area contributed by atoms with Crippen LogP contribution in [0.2, 0.25) is 0 Å². The first-order chi connectivity index (χ1) is 13.3. The SMILES string of the molecule is Cc1ccc(-c2nc3cc(F)ccc3n2C)cc1NC(=O)C1CCC1C(=O)O. The lowest BCUT2D eigenvalue weighted by molar-refractivity contribution is -0.151. The number of anilines is 1. The second-order valence-corrected chi connectivity index (χ2v) is 7.27. The van der Waals surface area contributed by atoms with Crippen LogP contribution in [0.3, 0.4) is 0 Å². The summed E-state index contributed by atoms with van der Waals surface area (Å²) in [4.78, 5) is 28.2. The van der Waals surface area contributed by atoms with Gasteiger partial charge in [-0.15, -0.1) is 0 Å². The number of rotatable bonds is 4. The van der Waals surface area contributed by atoms with Crippen molar-refractivity contribution in [1.29, 1.82) is 0 Å². The number of carboxylic acids is 1. The number of imidazole rings is 1. The largest absolute Gasteiger partial charge is 0.481 e. The van der Waals surface area contributed by atoms with Gasteiger partial charge >= 0.3 is 5.97 Å². The number of aliphatic carboxylic acids is 1. The van der Waals surface area contributed by atoms with E-state index in [0.717, 1.165) is 16.6 Å². The van der Waals surface area contributed by atoms with Crippen LogP contribution in [-0.4, -0.2) is 26.5 Å². The lowest BCUT2D eigenvalue weighted by atomic mass is 9.73. The van der Waals surface area contributed by atoms with Crippen LogP contribution in [0.1, 0.15) is 18.4 Å². The van der Waals surface area contributed by atoms with E-state index in [2.05, 4.69) is 10.3 Å². The highest BCUT2D eigenvalue weighted by Crippen LogP contribution is 2.36. The number of hydrogen-bond donors (Lipinski definition) is 2. The van der Waals surface area contributed by atoms with Gasteiger partial charge in [-0.05, 0) is 43.5 Å². The molecule has 0 aliphatic heterocycles. The molecule has 1 aliphatic rings. The fraction of sp³-hybridized carbons (Fsp3) is 0.286. The van der Waals surface area contributed by atoms with E-state index in [-0.39, 0.29) is 11.7 Å². The van der Waals surface area contributed by atoms with Crippen LogP contribution in [-0.2, 0) is 16.6 Å². The number of carbonyl (C=O) groups excluding carboxylic acids is 1. The first-order valence-corrected chi connectivity index (χ1v) is 9.12. The van der Waals surface area contributed by atoms with Gasteiger partial charge in [0.2, 0.25) is 5.91 Å². The highest BCUT2D eigenvalue weighted by molar-refractivity contribution is 5.97. The van der Waals surface area contributed by atoms with Gasteiger partial charge in [-0.3, -0.25) is 9.59 Å². The van der Waals surface area contributed by atoms with Gasteiger partial charge in [-0.1, -0.05) is 12.1 Å². The lowest BCUT2D eigenvalue weighted by Gasteiger charge is -2.32. The van der Waals surface area contributed by atoms with Crippen molar-refractivity contribution < 1.29 is 19.1 Å². The van der Waals surface area contributed by atoms with Crippen LogP contribution in [0.25, 0.3) is 22.4 Å². The Balaban J connectivity index is 1.65. The van der Waals surface area contributed by atoms with E-state index >= 15 is 0 Å². The Morgan fingerprint density at radius 1 is 1.18 bits per heavy atom. The normalized spacial score (nSPS) is 18.7. The Morgan fingerprint density at radius 2 is 1.93 bits per heavy atom. The Bertz CT molecular complexity index is 1110. The van der Waals surface area contributed by atoms with Gasteiger partial charge < -0.3 is 15.0 Å². The monoisotopic (exact) mass is 381 g/mol. The van der Waals surface area contributed by atoms with Crippen molar-refractivity contribution in [3.8, 4) is 11.4 Å². The number of nitrogens with zero attached hydrogens (tertiary/aromatic N) is 2. The number of fused-ring (bicyclic) bond motifs is 1. The molecule has 2 atom stereocenters. The molecule has 0 bridgehead atoms. The molecule has 0 spiro atoms. The maximum atomic E-state index is 13.5. The van der Waals surface area contributed by atoms with Crippen molar-refractivity contribution in [2.45, 2.75) is 19.8 Å². The van der Waals surface area contributed by atoms with Crippen molar-refractivity contribution in [2.24, 2.45) is 18.9 Å². The summed E-state index contributed by atoms with van der Waals surface area (Å²) in [5, 5.41) is 12.0.